The fourth-order valence-electron chi connectivity index (χ4n) is 1.72. The Hall–Kier alpha value is -1.37. The molecular weight excluding hydrogens is 322 g/mol. The van der Waals surface area contributed by atoms with Gasteiger partial charge in [0.15, 0.2) is 0 Å². The highest BCUT2D eigenvalue weighted by molar-refractivity contribution is 9.10. The maximum atomic E-state index is 11.5. The Morgan fingerprint density at radius 1 is 1.45 bits per heavy atom. The summed E-state index contributed by atoms with van der Waals surface area (Å²) in [5.41, 5.74) is 0. The zero-order valence-electron chi connectivity index (χ0n) is 11.6. The van der Waals surface area contributed by atoms with E-state index in [2.05, 4.69) is 41.8 Å². The van der Waals surface area contributed by atoms with Gasteiger partial charge >= 0.3 is 0 Å². The van der Waals surface area contributed by atoms with Crippen molar-refractivity contribution in [3.05, 3.63) is 10.7 Å². The fourth-order valence-corrected chi connectivity index (χ4v) is 2.05. The summed E-state index contributed by atoms with van der Waals surface area (Å²) in [5, 5.41) is 9.26. The van der Waals surface area contributed by atoms with Gasteiger partial charge in [-0.15, -0.1) is 0 Å². The van der Waals surface area contributed by atoms with E-state index < -0.39 is 0 Å². The monoisotopic (exact) mass is 341 g/mol. The minimum absolute atomic E-state index is 0.143. The van der Waals surface area contributed by atoms with E-state index in [1.807, 2.05) is 6.92 Å². The van der Waals surface area contributed by atoms with E-state index in [0.717, 1.165) is 36.1 Å². The molecule has 0 aromatic carbocycles. The number of amides is 1. The van der Waals surface area contributed by atoms with Crippen LogP contribution in [-0.4, -0.2) is 35.0 Å². The van der Waals surface area contributed by atoms with Crippen LogP contribution in [0, 0.1) is 0 Å². The first-order valence-electron chi connectivity index (χ1n) is 6.98. The van der Waals surface area contributed by atoms with Gasteiger partial charge in [0.2, 0.25) is 11.9 Å². The van der Waals surface area contributed by atoms with E-state index in [1.54, 1.807) is 6.20 Å². The summed E-state index contributed by atoms with van der Waals surface area (Å²) in [6, 6.07) is 0.439. The molecule has 1 heterocycles. The van der Waals surface area contributed by atoms with E-state index in [0.29, 0.717) is 25.0 Å². The van der Waals surface area contributed by atoms with Crippen molar-refractivity contribution in [3.8, 4) is 0 Å². The summed E-state index contributed by atoms with van der Waals surface area (Å²) >= 11 is 3.41. The minimum Gasteiger partial charge on any atom is -0.369 e. The first-order chi connectivity index (χ1) is 9.69. The number of nitrogens with one attached hydrogen (secondary N) is 3. The first kappa shape index (κ1) is 15.0. The molecule has 7 heteroatoms. The molecular formula is C13H20BrN5O. The van der Waals surface area contributed by atoms with Crippen molar-refractivity contribution >= 4 is 33.6 Å². The molecule has 110 valence electrons. The highest BCUT2D eigenvalue weighted by atomic mass is 79.9. The van der Waals surface area contributed by atoms with Gasteiger partial charge in [0, 0.05) is 31.7 Å². The molecule has 0 saturated heterocycles. The van der Waals surface area contributed by atoms with Gasteiger partial charge in [-0.3, -0.25) is 4.79 Å². The molecule has 6 nitrogen and oxygen atoms in total. The van der Waals surface area contributed by atoms with Gasteiger partial charge in [-0.25, -0.2) is 4.98 Å². The van der Waals surface area contributed by atoms with Crippen LogP contribution in [0.1, 0.15) is 32.6 Å². The van der Waals surface area contributed by atoms with Crippen molar-refractivity contribution in [1.82, 2.24) is 15.3 Å². The molecule has 0 bridgehead atoms. The lowest BCUT2D eigenvalue weighted by Crippen LogP contribution is -2.25. The van der Waals surface area contributed by atoms with Crippen molar-refractivity contribution in [2.75, 3.05) is 23.7 Å². The second-order valence-corrected chi connectivity index (χ2v) is 5.65. The fraction of sp³-hybridized carbons (Fsp3) is 0.615. The number of nitrogens with zero attached hydrogens (tertiary/aromatic N) is 2. The average molecular weight is 342 g/mol. The molecule has 1 aliphatic carbocycles. The Bertz CT molecular complexity index is 464. The molecule has 0 radical (unpaired) electrons. The topological polar surface area (TPSA) is 78.9 Å². The van der Waals surface area contributed by atoms with E-state index in [4.69, 9.17) is 0 Å². The highest BCUT2D eigenvalue weighted by Gasteiger charge is 2.22. The number of aromatic nitrogens is 2. The van der Waals surface area contributed by atoms with E-state index in [9.17, 15) is 4.79 Å². The average Bonchev–Trinajstić information content (AvgIpc) is 3.22. The van der Waals surface area contributed by atoms with E-state index in [-0.39, 0.29) is 5.91 Å². The largest absolute Gasteiger partial charge is 0.369 e. The number of carbonyl (C=O) groups excluding carboxylic acids is 1. The van der Waals surface area contributed by atoms with Gasteiger partial charge in [0.05, 0.1) is 4.47 Å². The zero-order valence-corrected chi connectivity index (χ0v) is 13.2. The van der Waals surface area contributed by atoms with Crippen molar-refractivity contribution in [1.29, 1.82) is 0 Å². The van der Waals surface area contributed by atoms with E-state index in [1.165, 1.54) is 0 Å². The summed E-state index contributed by atoms with van der Waals surface area (Å²) in [6.07, 6.45) is 5.31. The normalized spacial score (nSPS) is 13.9. The number of hydrogen-bond donors (Lipinski definition) is 3. The predicted molar refractivity (Wildman–Crippen MR) is 82.8 cm³/mol. The van der Waals surface area contributed by atoms with Crippen LogP contribution in [-0.2, 0) is 4.79 Å². The summed E-state index contributed by atoms with van der Waals surface area (Å²) in [7, 11) is 0. The van der Waals surface area contributed by atoms with Crippen LogP contribution >= 0.6 is 15.9 Å². The Morgan fingerprint density at radius 2 is 2.25 bits per heavy atom. The molecule has 2 rings (SSSR count). The Kier molecular flexibility index (Phi) is 5.58. The number of anilines is 2. The summed E-state index contributed by atoms with van der Waals surface area (Å²) in [4.78, 5) is 20.0. The summed E-state index contributed by atoms with van der Waals surface area (Å²) in [6.45, 7) is 3.48. The van der Waals surface area contributed by atoms with Crippen molar-refractivity contribution in [2.24, 2.45) is 0 Å². The van der Waals surface area contributed by atoms with Gasteiger partial charge in [0.1, 0.15) is 5.82 Å². The smallest absolute Gasteiger partial charge is 0.224 e. The molecule has 1 fully saturated rings. The zero-order chi connectivity index (χ0) is 14.4. The number of carbonyl (C=O) groups is 1. The summed E-state index contributed by atoms with van der Waals surface area (Å²) in [5.74, 6) is 1.49. The first-order valence-corrected chi connectivity index (χ1v) is 7.78. The molecule has 1 amide bonds. The highest BCUT2D eigenvalue weighted by Crippen LogP contribution is 2.20. The van der Waals surface area contributed by atoms with Crippen LogP contribution in [0.15, 0.2) is 10.7 Å². The molecule has 20 heavy (non-hydrogen) atoms. The maximum Gasteiger partial charge on any atom is 0.224 e. The Morgan fingerprint density at radius 3 is 2.95 bits per heavy atom. The third-order valence-electron chi connectivity index (χ3n) is 2.89. The van der Waals surface area contributed by atoms with Gasteiger partial charge < -0.3 is 16.0 Å². The van der Waals surface area contributed by atoms with Gasteiger partial charge in [-0.05, 0) is 42.1 Å². The molecule has 1 aliphatic rings. The lowest BCUT2D eigenvalue weighted by Gasteiger charge is -2.09. The lowest BCUT2D eigenvalue weighted by molar-refractivity contribution is -0.121. The van der Waals surface area contributed by atoms with Crippen LogP contribution in [0.2, 0.25) is 0 Å². The predicted octanol–water partition coefficient (Wildman–Crippen LogP) is 2.14. The molecule has 1 aromatic rings. The van der Waals surface area contributed by atoms with Crippen molar-refractivity contribution in [3.63, 3.8) is 0 Å². The van der Waals surface area contributed by atoms with Crippen LogP contribution in [0.5, 0.6) is 0 Å². The summed E-state index contributed by atoms with van der Waals surface area (Å²) < 4.78 is 0.821. The molecule has 1 saturated carbocycles. The molecule has 3 N–H and O–H groups in total. The minimum atomic E-state index is 0.143. The Labute approximate surface area is 127 Å². The number of rotatable bonds is 8. The van der Waals surface area contributed by atoms with Gasteiger partial charge in [-0.2, -0.15) is 4.98 Å². The number of halogens is 1. The lowest BCUT2D eigenvalue weighted by atomic mass is 10.3. The van der Waals surface area contributed by atoms with Crippen LogP contribution < -0.4 is 16.0 Å². The maximum absolute atomic E-state index is 11.5. The molecule has 0 atom stereocenters. The van der Waals surface area contributed by atoms with Crippen LogP contribution in [0.4, 0.5) is 11.8 Å². The van der Waals surface area contributed by atoms with Crippen LogP contribution in [0.3, 0.4) is 0 Å². The Balaban J connectivity index is 1.72. The molecule has 0 aliphatic heterocycles. The van der Waals surface area contributed by atoms with Crippen molar-refractivity contribution < 1.29 is 4.79 Å². The van der Waals surface area contributed by atoms with Crippen LogP contribution in [0.25, 0.3) is 0 Å². The van der Waals surface area contributed by atoms with Gasteiger partial charge in [-0.1, -0.05) is 0 Å². The quantitative estimate of drug-likeness (QED) is 0.631. The third kappa shape index (κ3) is 4.96. The molecule has 1 aromatic heterocycles. The second-order valence-electron chi connectivity index (χ2n) is 4.79. The molecule has 0 spiro atoms. The SMILES string of the molecule is CCNc1ncc(Br)c(NCCCC(=O)NC2CC2)n1. The van der Waals surface area contributed by atoms with Crippen molar-refractivity contribution in [2.45, 2.75) is 38.6 Å². The van der Waals surface area contributed by atoms with E-state index >= 15 is 0 Å². The molecule has 0 unspecified atom stereocenters. The number of hydrogen-bond acceptors (Lipinski definition) is 5. The standard InChI is InChI=1S/C13H20BrN5O/c1-2-15-13-17-8-10(14)12(19-13)16-7-3-4-11(20)18-9-5-6-9/h8-9H,2-7H2,1H3,(H,18,20)(H2,15,16,17,19). The third-order valence-corrected chi connectivity index (χ3v) is 3.47. The van der Waals surface area contributed by atoms with Gasteiger partial charge in [0.25, 0.3) is 0 Å². The second kappa shape index (κ2) is 7.42.